The highest BCUT2D eigenvalue weighted by molar-refractivity contribution is 5.46. The molecule has 112 valence electrons. The highest BCUT2D eigenvalue weighted by Crippen LogP contribution is 2.19. The van der Waals surface area contributed by atoms with Crippen LogP contribution in [0.5, 0.6) is 0 Å². The fraction of sp³-hybridized carbons (Fsp3) is 0.294. The number of aryl methyl sites for hydroxylation is 1. The summed E-state index contributed by atoms with van der Waals surface area (Å²) in [5, 5.41) is 12.1. The fourth-order valence-corrected chi connectivity index (χ4v) is 2.11. The SMILES string of the molecule is OCCCc1cccc(NCc2ccc(C(F)F)cc2)c1. The third-order valence-electron chi connectivity index (χ3n) is 3.28. The molecule has 2 N–H and O–H groups in total. The Labute approximate surface area is 123 Å². The molecule has 0 saturated carbocycles. The summed E-state index contributed by atoms with van der Waals surface area (Å²) in [6.07, 6.45) is -0.830. The zero-order chi connectivity index (χ0) is 15.1. The molecule has 0 amide bonds. The molecule has 0 spiro atoms. The van der Waals surface area contributed by atoms with Crippen molar-refractivity contribution in [2.24, 2.45) is 0 Å². The second-order valence-corrected chi connectivity index (χ2v) is 4.92. The smallest absolute Gasteiger partial charge is 0.263 e. The van der Waals surface area contributed by atoms with Gasteiger partial charge in [-0.1, -0.05) is 36.4 Å². The van der Waals surface area contributed by atoms with Crippen LogP contribution in [0.1, 0.15) is 29.5 Å². The monoisotopic (exact) mass is 291 g/mol. The predicted octanol–water partition coefficient (Wildman–Crippen LogP) is 4.16. The van der Waals surface area contributed by atoms with Gasteiger partial charge in [-0.05, 0) is 36.1 Å². The van der Waals surface area contributed by atoms with Crippen molar-refractivity contribution in [1.29, 1.82) is 0 Å². The van der Waals surface area contributed by atoms with Gasteiger partial charge in [0, 0.05) is 24.4 Å². The minimum atomic E-state index is -2.42. The summed E-state index contributed by atoms with van der Waals surface area (Å²) < 4.78 is 24.9. The summed E-state index contributed by atoms with van der Waals surface area (Å²) in [6, 6.07) is 14.3. The van der Waals surface area contributed by atoms with Crippen molar-refractivity contribution in [2.45, 2.75) is 25.8 Å². The standard InChI is InChI=1S/C17H19F2NO/c18-17(19)15-8-6-14(7-9-15)12-20-16-5-1-3-13(11-16)4-2-10-21/h1,3,5-9,11,17,20-21H,2,4,10,12H2. The van der Waals surface area contributed by atoms with E-state index in [9.17, 15) is 8.78 Å². The molecule has 0 bridgehead atoms. The van der Waals surface area contributed by atoms with Gasteiger partial charge in [0.05, 0.1) is 0 Å². The third kappa shape index (κ3) is 4.83. The van der Waals surface area contributed by atoms with Crippen LogP contribution < -0.4 is 5.32 Å². The van der Waals surface area contributed by atoms with Crippen molar-refractivity contribution >= 4 is 5.69 Å². The van der Waals surface area contributed by atoms with Crippen LogP contribution in [0.2, 0.25) is 0 Å². The van der Waals surface area contributed by atoms with Crippen LogP contribution in [-0.2, 0) is 13.0 Å². The molecule has 2 aromatic carbocycles. The van der Waals surface area contributed by atoms with Gasteiger partial charge in [0.2, 0.25) is 0 Å². The normalized spacial score (nSPS) is 10.9. The summed E-state index contributed by atoms with van der Waals surface area (Å²) in [6.45, 7) is 0.779. The van der Waals surface area contributed by atoms with E-state index < -0.39 is 6.43 Å². The predicted molar refractivity (Wildman–Crippen MR) is 80.6 cm³/mol. The van der Waals surface area contributed by atoms with Gasteiger partial charge in [0.15, 0.2) is 0 Å². The van der Waals surface area contributed by atoms with Gasteiger partial charge in [0.25, 0.3) is 6.43 Å². The van der Waals surface area contributed by atoms with Gasteiger partial charge in [0.1, 0.15) is 0 Å². The van der Waals surface area contributed by atoms with Crippen molar-refractivity contribution in [2.75, 3.05) is 11.9 Å². The van der Waals surface area contributed by atoms with E-state index in [4.69, 9.17) is 5.11 Å². The lowest BCUT2D eigenvalue weighted by molar-refractivity contribution is 0.151. The maximum atomic E-state index is 12.5. The Morgan fingerprint density at radius 3 is 2.43 bits per heavy atom. The quantitative estimate of drug-likeness (QED) is 0.802. The Bertz CT molecular complexity index is 555. The van der Waals surface area contributed by atoms with E-state index >= 15 is 0 Å². The summed E-state index contributed by atoms with van der Waals surface area (Å²) in [4.78, 5) is 0. The molecular formula is C17H19F2NO. The maximum absolute atomic E-state index is 12.5. The number of nitrogens with one attached hydrogen (secondary N) is 1. The van der Waals surface area contributed by atoms with E-state index in [2.05, 4.69) is 5.32 Å². The molecule has 0 aliphatic heterocycles. The Hall–Kier alpha value is -1.94. The van der Waals surface area contributed by atoms with Crippen LogP contribution in [0.3, 0.4) is 0 Å². The first kappa shape index (κ1) is 15.4. The average molecular weight is 291 g/mol. The number of alkyl halides is 2. The van der Waals surface area contributed by atoms with E-state index in [-0.39, 0.29) is 12.2 Å². The Morgan fingerprint density at radius 1 is 1.00 bits per heavy atom. The molecule has 0 aliphatic carbocycles. The molecule has 0 atom stereocenters. The summed E-state index contributed by atoms with van der Waals surface area (Å²) >= 11 is 0. The second kappa shape index (κ2) is 7.74. The number of aliphatic hydroxyl groups is 1. The first-order valence-electron chi connectivity index (χ1n) is 6.99. The van der Waals surface area contributed by atoms with Gasteiger partial charge in [-0.2, -0.15) is 0 Å². The number of hydrogen-bond acceptors (Lipinski definition) is 2. The molecular weight excluding hydrogens is 272 g/mol. The molecule has 0 radical (unpaired) electrons. The van der Waals surface area contributed by atoms with Gasteiger partial charge in [-0.25, -0.2) is 8.78 Å². The van der Waals surface area contributed by atoms with Gasteiger partial charge in [-0.3, -0.25) is 0 Å². The van der Waals surface area contributed by atoms with E-state index in [1.54, 1.807) is 12.1 Å². The van der Waals surface area contributed by atoms with E-state index in [0.29, 0.717) is 6.54 Å². The molecule has 2 nitrogen and oxygen atoms in total. The lowest BCUT2D eigenvalue weighted by Gasteiger charge is -2.09. The molecule has 0 aliphatic rings. The summed E-state index contributed by atoms with van der Waals surface area (Å²) in [7, 11) is 0. The minimum Gasteiger partial charge on any atom is -0.396 e. The Kier molecular flexibility index (Phi) is 5.69. The van der Waals surface area contributed by atoms with Crippen LogP contribution in [0.4, 0.5) is 14.5 Å². The van der Waals surface area contributed by atoms with Crippen molar-refractivity contribution in [3.63, 3.8) is 0 Å². The number of rotatable bonds is 7. The van der Waals surface area contributed by atoms with Gasteiger partial charge >= 0.3 is 0 Å². The van der Waals surface area contributed by atoms with E-state index in [1.165, 1.54) is 17.7 Å². The lowest BCUT2D eigenvalue weighted by Crippen LogP contribution is -2.00. The molecule has 2 aromatic rings. The Morgan fingerprint density at radius 2 is 1.76 bits per heavy atom. The molecule has 21 heavy (non-hydrogen) atoms. The molecule has 2 rings (SSSR count). The zero-order valence-corrected chi connectivity index (χ0v) is 11.7. The van der Waals surface area contributed by atoms with Crippen molar-refractivity contribution in [3.8, 4) is 0 Å². The topological polar surface area (TPSA) is 32.3 Å². The summed E-state index contributed by atoms with van der Waals surface area (Å²) in [5.41, 5.74) is 3.16. The van der Waals surface area contributed by atoms with Gasteiger partial charge in [-0.15, -0.1) is 0 Å². The van der Waals surface area contributed by atoms with Crippen molar-refractivity contribution in [3.05, 3.63) is 65.2 Å². The van der Waals surface area contributed by atoms with E-state index in [1.807, 2.05) is 24.3 Å². The van der Waals surface area contributed by atoms with Crippen LogP contribution in [0.15, 0.2) is 48.5 Å². The molecule has 4 heteroatoms. The lowest BCUT2D eigenvalue weighted by atomic mass is 10.1. The fourth-order valence-electron chi connectivity index (χ4n) is 2.11. The van der Waals surface area contributed by atoms with Crippen LogP contribution in [0, 0.1) is 0 Å². The highest BCUT2D eigenvalue weighted by atomic mass is 19.3. The Balaban J connectivity index is 1.93. The molecule has 0 saturated heterocycles. The highest BCUT2D eigenvalue weighted by Gasteiger charge is 2.05. The number of anilines is 1. The molecule has 0 unspecified atom stereocenters. The number of hydrogen-bond donors (Lipinski definition) is 2. The first-order chi connectivity index (χ1) is 10.2. The number of halogens is 2. The number of benzene rings is 2. The van der Waals surface area contributed by atoms with Crippen LogP contribution in [0.25, 0.3) is 0 Å². The van der Waals surface area contributed by atoms with Crippen LogP contribution >= 0.6 is 0 Å². The number of aliphatic hydroxyl groups excluding tert-OH is 1. The van der Waals surface area contributed by atoms with Crippen molar-refractivity contribution in [1.82, 2.24) is 0 Å². The molecule has 0 aromatic heterocycles. The summed E-state index contributed by atoms with van der Waals surface area (Å²) in [5.74, 6) is 0. The first-order valence-corrected chi connectivity index (χ1v) is 6.99. The third-order valence-corrected chi connectivity index (χ3v) is 3.28. The molecule has 0 heterocycles. The van der Waals surface area contributed by atoms with Crippen LogP contribution in [-0.4, -0.2) is 11.7 Å². The molecule has 0 fully saturated rings. The minimum absolute atomic E-state index is 0.0461. The second-order valence-electron chi connectivity index (χ2n) is 4.92. The zero-order valence-electron chi connectivity index (χ0n) is 11.7. The largest absolute Gasteiger partial charge is 0.396 e. The van der Waals surface area contributed by atoms with E-state index in [0.717, 1.165) is 24.1 Å². The van der Waals surface area contributed by atoms with Crippen molar-refractivity contribution < 1.29 is 13.9 Å². The maximum Gasteiger partial charge on any atom is 0.263 e. The van der Waals surface area contributed by atoms with Gasteiger partial charge < -0.3 is 10.4 Å². The average Bonchev–Trinajstić information content (AvgIpc) is 2.52.